The number of nitrogens with one attached hydrogen (secondary N) is 2. The van der Waals surface area contributed by atoms with Crippen molar-refractivity contribution in [3.8, 4) is 0 Å². The van der Waals surface area contributed by atoms with Crippen LogP contribution in [0.2, 0.25) is 0 Å². The maximum atomic E-state index is 14.0. The van der Waals surface area contributed by atoms with E-state index < -0.39 is 35.6 Å². The number of hydrogen-bond donors (Lipinski definition) is 3. The third-order valence-electron chi connectivity index (χ3n) is 6.11. The molecule has 0 heterocycles. The highest BCUT2D eigenvalue weighted by Gasteiger charge is 2.41. The van der Waals surface area contributed by atoms with Crippen LogP contribution in [-0.4, -0.2) is 52.9 Å². The van der Waals surface area contributed by atoms with E-state index in [4.69, 9.17) is 10.5 Å². The van der Waals surface area contributed by atoms with Gasteiger partial charge in [-0.3, -0.25) is 14.4 Å². The second kappa shape index (κ2) is 13.8. The van der Waals surface area contributed by atoms with Crippen molar-refractivity contribution in [3.05, 3.63) is 35.9 Å². The van der Waals surface area contributed by atoms with Crippen molar-refractivity contribution in [1.29, 1.82) is 0 Å². The summed E-state index contributed by atoms with van der Waals surface area (Å²) in [6, 6.07) is 7.10. The lowest BCUT2D eigenvalue weighted by atomic mass is 9.87. The number of hydrogen-bond acceptors (Lipinski definition) is 5. The Hall–Kier alpha value is -3.10. The predicted octanol–water partition coefficient (Wildman–Crippen LogP) is 3.57. The Morgan fingerprint density at radius 1 is 1.11 bits per heavy atom. The minimum absolute atomic E-state index is 0.0102. The van der Waals surface area contributed by atoms with Crippen molar-refractivity contribution in [2.45, 2.75) is 103 Å². The van der Waals surface area contributed by atoms with E-state index in [1.807, 2.05) is 30.3 Å². The number of amides is 4. The van der Waals surface area contributed by atoms with Crippen LogP contribution in [0.4, 0.5) is 4.79 Å². The number of carbonyl (C=O) groups excluding carboxylic acids is 4. The van der Waals surface area contributed by atoms with Gasteiger partial charge in [-0.15, -0.1) is 0 Å². The van der Waals surface area contributed by atoms with Gasteiger partial charge in [-0.25, -0.2) is 4.79 Å². The second-order valence-electron chi connectivity index (χ2n) is 10.3. The Kier molecular flexibility index (Phi) is 11.2. The number of benzene rings is 1. The minimum atomic E-state index is -1.06. The third kappa shape index (κ3) is 9.17. The lowest BCUT2D eigenvalue weighted by molar-refractivity contribution is -0.147. The van der Waals surface area contributed by atoms with Crippen LogP contribution in [-0.2, 0) is 19.1 Å². The molecule has 0 aliphatic heterocycles. The lowest BCUT2D eigenvalue weighted by Gasteiger charge is -2.43. The van der Waals surface area contributed by atoms with Crippen LogP contribution < -0.4 is 16.4 Å². The van der Waals surface area contributed by atoms with Gasteiger partial charge in [0.25, 0.3) is 0 Å². The van der Waals surface area contributed by atoms with E-state index >= 15 is 0 Å². The highest BCUT2D eigenvalue weighted by molar-refractivity contribution is 5.92. The zero-order valence-corrected chi connectivity index (χ0v) is 22.0. The number of nitrogens with zero attached hydrogens (tertiary/aromatic N) is 1. The molecule has 2 rings (SSSR count). The quantitative estimate of drug-likeness (QED) is 0.355. The van der Waals surface area contributed by atoms with Crippen molar-refractivity contribution in [2.24, 2.45) is 5.73 Å². The summed E-state index contributed by atoms with van der Waals surface area (Å²) in [4.78, 5) is 53.2. The molecule has 1 aliphatic carbocycles. The molecule has 0 radical (unpaired) electrons. The van der Waals surface area contributed by atoms with Gasteiger partial charge in [-0.2, -0.15) is 0 Å². The molecule has 9 heteroatoms. The van der Waals surface area contributed by atoms with Gasteiger partial charge in [0.1, 0.15) is 17.7 Å². The molecule has 1 fully saturated rings. The SMILES string of the molecule is CCCCCNC(=O)C(c1ccccc1)N(C(=O)C(CCC(N)=O)NC(=O)OC(C)(C)C)C1CCC1. The van der Waals surface area contributed by atoms with Crippen LogP contribution in [0.3, 0.4) is 0 Å². The van der Waals surface area contributed by atoms with Gasteiger partial charge in [-0.05, 0) is 58.4 Å². The van der Waals surface area contributed by atoms with E-state index in [9.17, 15) is 19.2 Å². The number of carbonyl (C=O) groups is 4. The average molecular weight is 503 g/mol. The molecule has 4 amide bonds. The van der Waals surface area contributed by atoms with Gasteiger partial charge in [-0.1, -0.05) is 50.1 Å². The van der Waals surface area contributed by atoms with Crippen molar-refractivity contribution >= 4 is 23.8 Å². The predicted molar refractivity (Wildman–Crippen MR) is 138 cm³/mol. The summed E-state index contributed by atoms with van der Waals surface area (Å²) in [7, 11) is 0. The van der Waals surface area contributed by atoms with E-state index in [1.165, 1.54) is 0 Å². The molecule has 9 nitrogen and oxygen atoms in total. The molecule has 0 spiro atoms. The van der Waals surface area contributed by atoms with E-state index in [2.05, 4.69) is 17.6 Å². The lowest BCUT2D eigenvalue weighted by Crippen LogP contribution is -2.57. The molecule has 4 N–H and O–H groups in total. The molecule has 1 saturated carbocycles. The highest BCUT2D eigenvalue weighted by atomic mass is 16.6. The number of rotatable bonds is 13. The summed E-state index contributed by atoms with van der Waals surface area (Å²) >= 11 is 0. The maximum Gasteiger partial charge on any atom is 0.408 e. The molecule has 1 aromatic carbocycles. The fourth-order valence-electron chi connectivity index (χ4n) is 4.11. The molecule has 2 unspecified atom stereocenters. The second-order valence-corrected chi connectivity index (χ2v) is 10.3. The molecule has 2 atom stereocenters. The summed E-state index contributed by atoms with van der Waals surface area (Å²) < 4.78 is 5.36. The number of unbranched alkanes of at least 4 members (excludes halogenated alkanes) is 2. The van der Waals surface area contributed by atoms with Crippen LogP contribution in [0.25, 0.3) is 0 Å². The zero-order valence-electron chi connectivity index (χ0n) is 22.0. The monoisotopic (exact) mass is 502 g/mol. The minimum Gasteiger partial charge on any atom is -0.444 e. The molecule has 0 bridgehead atoms. The Balaban J connectivity index is 2.38. The summed E-state index contributed by atoms with van der Waals surface area (Å²) in [6.45, 7) is 7.78. The molecule has 200 valence electrons. The largest absolute Gasteiger partial charge is 0.444 e. The average Bonchev–Trinajstić information content (AvgIpc) is 2.76. The van der Waals surface area contributed by atoms with Gasteiger partial charge in [0.05, 0.1) is 0 Å². The molecule has 36 heavy (non-hydrogen) atoms. The first-order valence-electron chi connectivity index (χ1n) is 13.0. The van der Waals surface area contributed by atoms with E-state index in [0.717, 1.165) is 38.5 Å². The first-order chi connectivity index (χ1) is 17.0. The van der Waals surface area contributed by atoms with Gasteiger partial charge in [0, 0.05) is 19.0 Å². The molecule has 1 aliphatic rings. The first kappa shape index (κ1) is 29.1. The smallest absolute Gasteiger partial charge is 0.408 e. The summed E-state index contributed by atoms with van der Waals surface area (Å²) in [5.41, 5.74) is 5.28. The molecule has 0 aromatic heterocycles. The van der Waals surface area contributed by atoms with Gasteiger partial charge in [0.2, 0.25) is 17.7 Å². The fraction of sp³-hybridized carbons (Fsp3) is 0.630. The Morgan fingerprint density at radius 3 is 2.31 bits per heavy atom. The molecular weight excluding hydrogens is 460 g/mol. The van der Waals surface area contributed by atoms with E-state index in [1.54, 1.807) is 25.7 Å². The number of ether oxygens (including phenoxy) is 1. The summed E-state index contributed by atoms with van der Waals surface area (Å²) in [6.07, 6.45) is 4.49. The van der Waals surface area contributed by atoms with Gasteiger partial charge in [0.15, 0.2) is 0 Å². The van der Waals surface area contributed by atoms with Crippen molar-refractivity contribution in [2.75, 3.05) is 6.54 Å². The van der Waals surface area contributed by atoms with Crippen LogP contribution in [0.15, 0.2) is 30.3 Å². The topological polar surface area (TPSA) is 131 Å². The standard InChI is InChI=1S/C27H42N4O5/c1-5-6-10-18-29-24(33)23(19-12-8-7-9-13-19)31(20-14-11-15-20)25(34)21(16-17-22(28)32)30-26(35)36-27(2,3)4/h7-9,12-13,20-21,23H,5-6,10-11,14-18H2,1-4H3,(H2,28,32)(H,29,33)(H,30,35). The number of nitrogens with two attached hydrogens (primary N) is 1. The number of primary amides is 1. The zero-order chi connectivity index (χ0) is 26.7. The van der Waals surface area contributed by atoms with Crippen molar-refractivity contribution in [3.63, 3.8) is 0 Å². The molecule has 0 saturated heterocycles. The fourth-order valence-corrected chi connectivity index (χ4v) is 4.11. The van der Waals surface area contributed by atoms with Gasteiger partial charge < -0.3 is 26.0 Å². The normalized spacial score (nSPS) is 15.2. The van der Waals surface area contributed by atoms with Crippen LogP contribution in [0.1, 0.15) is 90.7 Å². The van der Waals surface area contributed by atoms with E-state index in [-0.39, 0.29) is 24.8 Å². The molecular formula is C27H42N4O5. The van der Waals surface area contributed by atoms with Crippen LogP contribution >= 0.6 is 0 Å². The van der Waals surface area contributed by atoms with Crippen molar-refractivity contribution < 1.29 is 23.9 Å². The van der Waals surface area contributed by atoms with Crippen LogP contribution in [0, 0.1) is 0 Å². The summed E-state index contributed by atoms with van der Waals surface area (Å²) in [5, 5.41) is 5.62. The third-order valence-corrected chi connectivity index (χ3v) is 6.11. The van der Waals surface area contributed by atoms with Crippen molar-refractivity contribution in [1.82, 2.24) is 15.5 Å². The van der Waals surface area contributed by atoms with Crippen LogP contribution in [0.5, 0.6) is 0 Å². The highest BCUT2D eigenvalue weighted by Crippen LogP contribution is 2.34. The molecule has 1 aromatic rings. The Bertz CT molecular complexity index is 880. The maximum absolute atomic E-state index is 14.0. The Labute approximate surface area is 214 Å². The van der Waals surface area contributed by atoms with Gasteiger partial charge >= 0.3 is 6.09 Å². The summed E-state index contributed by atoms with van der Waals surface area (Å²) in [5.74, 6) is -1.27. The number of alkyl carbamates (subject to hydrolysis) is 1. The Morgan fingerprint density at radius 2 is 1.78 bits per heavy atom. The van der Waals surface area contributed by atoms with E-state index in [0.29, 0.717) is 12.1 Å². The first-order valence-corrected chi connectivity index (χ1v) is 13.0.